The molecule has 9 heteroatoms. The fraction of sp³-hybridized carbons (Fsp3) is 0.632. The van der Waals surface area contributed by atoms with Gasteiger partial charge >= 0.3 is 0 Å². The van der Waals surface area contributed by atoms with Crippen LogP contribution in [0.1, 0.15) is 12.8 Å². The number of carbonyl (C=O) groups is 1. The van der Waals surface area contributed by atoms with Crippen molar-refractivity contribution in [3.8, 4) is 0 Å². The predicted octanol–water partition coefficient (Wildman–Crippen LogP) is 0.795. The van der Waals surface area contributed by atoms with E-state index in [2.05, 4.69) is 10.2 Å². The number of rotatable bonds is 8. The number of carbonyl (C=O) groups excluding carboxylic acids is 1. The van der Waals surface area contributed by atoms with Crippen LogP contribution in [0.5, 0.6) is 0 Å². The molecule has 2 saturated heterocycles. The van der Waals surface area contributed by atoms with Gasteiger partial charge in [0.2, 0.25) is 5.91 Å². The highest BCUT2D eigenvalue weighted by atomic mass is 35.5. The fourth-order valence-corrected chi connectivity index (χ4v) is 4.85. The first-order valence-electron chi connectivity index (χ1n) is 9.64. The van der Waals surface area contributed by atoms with Gasteiger partial charge in [-0.05, 0) is 25.1 Å². The molecule has 3 rings (SSSR count). The molecule has 0 aromatic heterocycles. The van der Waals surface area contributed by atoms with E-state index in [0.717, 1.165) is 52.4 Å². The molecule has 28 heavy (non-hydrogen) atoms. The molecule has 0 spiro atoms. The number of ether oxygens (including phenoxy) is 1. The molecule has 1 aromatic carbocycles. The van der Waals surface area contributed by atoms with E-state index >= 15 is 0 Å². The van der Waals surface area contributed by atoms with Crippen LogP contribution in [0.15, 0.2) is 35.2 Å². The average molecular weight is 432 g/mol. The van der Waals surface area contributed by atoms with E-state index in [1.165, 1.54) is 0 Å². The topological polar surface area (TPSA) is 79.0 Å². The number of nitrogens with zero attached hydrogens (tertiary/aromatic N) is 2. The lowest BCUT2D eigenvalue weighted by Crippen LogP contribution is -2.47. The van der Waals surface area contributed by atoms with Crippen molar-refractivity contribution >= 4 is 28.2 Å². The molecule has 0 radical (unpaired) electrons. The van der Waals surface area contributed by atoms with Crippen molar-refractivity contribution in [2.24, 2.45) is 0 Å². The van der Waals surface area contributed by atoms with Crippen LogP contribution < -0.4 is 5.32 Å². The van der Waals surface area contributed by atoms with E-state index in [1.807, 2.05) is 4.90 Å². The number of sulfone groups is 1. The first-order chi connectivity index (χ1) is 13.1. The number of amides is 1. The lowest BCUT2D eigenvalue weighted by molar-refractivity contribution is -0.133. The van der Waals surface area contributed by atoms with Gasteiger partial charge in [-0.25, -0.2) is 8.42 Å². The monoisotopic (exact) mass is 431 g/mol. The molecule has 1 atom stereocenters. The highest BCUT2D eigenvalue weighted by molar-refractivity contribution is 7.91. The van der Waals surface area contributed by atoms with Gasteiger partial charge < -0.3 is 15.0 Å². The number of hydrogen-bond acceptors (Lipinski definition) is 6. The van der Waals surface area contributed by atoms with E-state index in [-0.39, 0.29) is 41.4 Å². The third kappa shape index (κ3) is 6.42. The van der Waals surface area contributed by atoms with E-state index < -0.39 is 9.84 Å². The van der Waals surface area contributed by atoms with Crippen LogP contribution in [0.25, 0.3) is 0 Å². The van der Waals surface area contributed by atoms with Crippen LogP contribution in [0, 0.1) is 0 Å². The number of benzene rings is 1. The SMILES string of the molecule is Cl.O=C(CCS(=O)(=O)c1ccccc1)N(CCN1CCOCC1)C1CCNC1. The second kappa shape index (κ2) is 11.1. The third-order valence-corrected chi connectivity index (χ3v) is 6.98. The van der Waals surface area contributed by atoms with Gasteiger partial charge in [0.15, 0.2) is 9.84 Å². The molecule has 158 valence electrons. The zero-order valence-corrected chi connectivity index (χ0v) is 17.7. The summed E-state index contributed by atoms with van der Waals surface area (Å²) in [5, 5.41) is 3.30. The standard InChI is InChI=1S/C19H29N3O4S.ClH/c23-19(7-15-27(24,25)18-4-2-1-3-5-18)22(17-6-8-20-16-17)10-9-21-11-13-26-14-12-21;/h1-5,17,20H,6-16H2;1H. The first-order valence-corrected chi connectivity index (χ1v) is 11.3. The minimum Gasteiger partial charge on any atom is -0.379 e. The van der Waals surface area contributed by atoms with Crippen LogP contribution in [0.3, 0.4) is 0 Å². The predicted molar refractivity (Wildman–Crippen MR) is 111 cm³/mol. The molecule has 2 heterocycles. The van der Waals surface area contributed by atoms with Crippen LogP contribution >= 0.6 is 12.4 Å². The fourth-order valence-electron chi connectivity index (χ4n) is 3.60. The number of nitrogens with one attached hydrogen (secondary N) is 1. The Morgan fingerprint density at radius 1 is 1.21 bits per heavy atom. The third-order valence-electron chi connectivity index (χ3n) is 5.24. The maximum absolute atomic E-state index is 12.9. The van der Waals surface area contributed by atoms with Gasteiger partial charge in [0.1, 0.15) is 0 Å². The Balaban J connectivity index is 0.00000280. The second-order valence-corrected chi connectivity index (χ2v) is 9.18. The second-order valence-electron chi connectivity index (χ2n) is 7.07. The Hall–Kier alpha value is -1.19. The summed E-state index contributed by atoms with van der Waals surface area (Å²) in [4.78, 5) is 17.3. The van der Waals surface area contributed by atoms with Crippen molar-refractivity contribution in [3.05, 3.63) is 30.3 Å². The molecule has 0 aliphatic carbocycles. The Morgan fingerprint density at radius 2 is 1.93 bits per heavy atom. The Bertz CT molecular complexity index is 705. The molecule has 0 saturated carbocycles. The molecule has 1 N–H and O–H groups in total. The Labute approximate surface area is 173 Å². The van der Waals surface area contributed by atoms with Gasteiger partial charge in [-0.3, -0.25) is 9.69 Å². The first kappa shape index (κ1) is 23.1. The molecule has 1 unspecified atom stereocenters. The van der Waals surface area contributed by atoms with Crippen LogP contribution in [0.4, 0.5) is 0 Å². The van der Waals surface area contributed by atoms with Gasteiger partial charge in [0.05, 0.1) is 23.9 Å². The molecule has 2 aliphatic rings. The summed E-state index contributed by atoms with van der Waals surface area (Å²) in [6, 6.07) is 8.50. The molecule has 2 fully saturated rings. The van der Waals surface area contributed by atoms with Crippen molar-refractivity contribution in [1.29, 1.82) is 0 Å². The van der Waals surface area contributed by atoms with Gasteiger partial charge in [-0.15, -0.1) is 12.4 Å². The Kier molecular flexibility index (Phi) is 9.17. The summed E-state index contributed by atoms with van der Waals surface area (Å²) >= 11 is 0. The van der Waals surface area contributed by atoms with Gasteiger partial charge in [0.25, 0.3) is 0 Å². The highest BCUT2D eigenvalue weighted by Gasteiger charge is 2.28. The van der Waals surface area contributed by atoms with E-state index in [0.29, 0.717) is 6.54 Å². The van der Waals surface area contributed by atoms with Crippen molar-refractivity contribution < 1.29 is 17.9 Å². The van der Waals surface area contributed by atoms with Gasteiger partial charge in [0, 0.05) is 45.2 Å². The minimum atomic E-state index is -3.44. The molecular weight excluding hydrogens is 402 g/mol. The van der Waals surface area contributed by atoms with Crippen molar-refractivity contribution in [2.75, 3.05) is 58.2 Å². The summed E-state index contributed by atoms with van der Waals surface area (Å²) in [5.41, 5.74) is 0. The molecule has 1 amide bonds. The van der Waals surface area contributed by atoms with E-state index in [1.54, 1.807) is 30.3 Å². The summed E-state index contributed by atoms with van der Waals surface area (Å²) in [6.45, 7) is 6.34. The minimum absolute atomic E-state index is 0. The van der Waals surface area contributed by atoms with Crippen LogP contribution in [-0.4, -0.2) is 88.4 Å². The largest absolute Gasteiger partial charge is 0.379 e. The maximum atomic E-state index is 12.9. The van der Waals surface area contributed by atoms with Crippen LogP contribution in [0.2, 0.25) is 0 Å². The molecule has 7 nitrogen and oxygen atoms in total. The van der Waals surface area contributed by atoms with Crippen molar-refractivity contribution in [3.63, 3.8) is 0 Å². The summed E-state index contributed by atoms with van der Waals surface area (Å²) < 4.78 is 30.3. The number of halogens is 1. The lowest BCUT2D eigenvalue weighted by atomic mass is 10.2. The van der Waals surface area contributed by atoms with E-state index in [4.69, 9.17) is 4.74 Å². The summed E-state index contributed by atoms with van der Waals surface area (Å²) in [7, 11) is -3.44. The zero-order valence-electron chi connectivity index (χ0n) is 16.1. The average Bonchev–Trinajstić information content (AvgIpc) is 3.23. The van der Waals surface area contributed by atoms with Crippen molar-refractivity contribution in [2.45, 2.75) is 23.8 Å². The van der Waals surface area contributed by atoms with Gasteiger partial charge in [-0.1, -0.05) is 18.2 Å². The normalized spacial score (nSPS) is 20.5. The number of morpholine rings is 1. The maximum Gasteiger partial charge on any atom is 0.223 e. The Morgan fingerprint density at radius 3 is 2.57 bits per heavy atom. The van der Waals surface area contributed by atoms with Gasteiger partial charge in [-0.2, -0.15) is 0 Å². The summed E-state index contributed by atoms with van der Waals surface area (Å²) in [5.74, 6) is -0.221. The zero-order chi connectivity index (χ0) is 19.1. The quantitative estimate of drug-likeness (QED) is 0.655. The highest BCUT2D eigenvalue weighted by Crippen LogP contribution is 2.15. The molecule has 1 aromatic rings. The molecule has 0 bridgehead atoms. The molecular formula is C19H30ClN3O4S. The summed E-state index contributed by atoms with van der Waals surface area (Å²) in [6.07, 6.45) is 0.942. The smallest absolute Gasteiger partial charge is 0.223 e. The molecule has 2 aliphatic heterocycles. The van der Waals surface area contributed by atoms with Crippen LogP contribution in [-0.2, 0) is 19.4 Å². The number of hydrogen-bond donors (Lipinski definition) is 1. The van der Waals surface area contributed by atoms with Crippen molar-refractivity contribution in [1.82, 2.24) is 15.1 Å². The van der Waals surface area contributed by atoms with E-state index in [9.17, 15) is 13.2 Å². The lowest BCUT2D eigenvalue weighted by Gasteiger charge is -2.33.